The van der Waals surface area contributed by atoms with E-state index in [-0.39, 0.29) is 17.3 Å². The van der Waals surface area contributed by atoms with Crippen molar-refractivity contribution in [3.05, 3.63) is 113 Å². The number of nitrogens with zero attached hydrogens (tertiary/aromatic N) is 2. The molecule has 0 amide bonds. The van der Waals surface area contributed by atoms with Gasteiger partial charge in [-0.25, -0.2) is 0 Å². The van der Waals surface area contributed by atoms with Crippen LogP contribution in [0.25, 0.3) is 21.8 Å². The van der Waals surface area contributed by atoms with Gasteiger partial charge < -0.3 is 9.77 Å². The minimum Gasteiger partial charge on any atom is -0.411 e. The van der Waals surface area contributed by atoms with Crippen molar-refractivity contribution in [1.82, 2.24) is 4.57 Å². The van der Waals surface area contributed by atoms with E-state index in [1.54, 1.807) is 30.0 Å². The highest BCUT2D eigenvalue weighted by atomic mass is 35.5. The lowest BCUT2D eigenvalue weighted by molar-refractivity contribution is 0.103. The molecular weight excluding hydrogens is 516 g/mol. The molecule has 0 saturated carbocycles. The van der Waals surface area contributed by atoms with Crippen LogP contribution < -0.4 is 0 Å². The Morgan fingerprint density at radius 2 is 1.47 bits per heavy atom. The fourth-order valence-electron chi connectivity index (χ4n) is 4.66. The van der Waals surface area contributed by atoms with Gasteiger partial charge in [-0.1, -0.05) is 47.1 Å². The SMILES string of the molecule is CCn1c2ccc(C(=O)/C(CCSc3ccc(Cl)cc3)=N/O)cc2c2cc(C(=O)c3ccccc3)ccc21. The lowest BCUT2D eigenvalue weighted by Gasteiger charge is -2.06. The van der Waals surface area contributed by atoms with Crippen molar-refractivity contribution in [2.75, 3.05) is 5.75 Å². The number of carbonyl (C=O) groups excluding carboxylic acids is 2. The van der Waals surface area contributed by atoms with Crippen molar-refractivity contribution < 1.29 is 14.8 Å². The second-order valence-electron chi connectivity index (χ2n) is 8.83. The maximum absolute atomic E-state index is 13.3. The Kier molecular flexibility index (Phi) is 7.63. The van der Waals surface area contributed by atoms with Gasteiger partial charge in [0.2, 0.25) is 5.78 Å². The highest BCUT2D eigenvalue weighted by Crippen LogP contribution is 2.32. The largest absolute Gasteiger partial charge is 0.411 e. The van der Waals surface area contributed by atoms with Gasteiger partial charge in [-0.05, 0) is 67.6 Å². The summed E-state index contributed by atoms with van der Waals surface area (Å²) in [7, 11) is 0. The van der Waals surface area contributed by atoms with Gasteiger partial charge in [-0.2, -0.15) is 0 Å². The first-order valence-electron chi connectivity index (χ1n) is 12.3. The van der Waals surface area contributed by atoms with Crippen LogP contribution in [-0.2, 0) is 6.54 Å². The van der Waals surface area contributed by atoms with E-state index < -0.39 is 0 Å². The lowest BCUT2D eigenvalue weighted by atomic mass is 9.99. The number of fused-ring (bicyclic) bond motifs is 3. The zero-order valence-electron chi connectivity index (χ0n) is 20.7. The molecule has 0 radical (unpaired) electrons. The first-order chi connectivity index (χ1) is 18.5. The molecule has 1 N–H and O–H groups in total. The van der Waals surface area contributed by atoms with Gasteiger partial charge in [0.05, 0.1) is 0 Å². The van der Waals surface area contributed by atoms with Crippen LogP contribution in [0.3, 0.4) is 0 Å². The summed E-state index contributed by atoms with van der Waals surface area (Å²) >= 11 is 7.50. The predicted molar refractivity (Wildman–Crippen MR) is 155 cm³/mol. The van der Waals surface area contributed by atoms with E-state index in [9.17, 15) is 14.8 Å². The second kappa shape index (κ2) is 11.3. The van der Waals surface area contributed by atoms with Crippen LogP contribution in [0.4, 0.5) is 0 Å². The smallest absolute Gasteiger partial charge is 0.210 e. The molecular formula is C31H25ClN2O3S. The standard InChI is InChI=1S/C31H25ClN2O3S/c1-2-34-28-14-8-21(30(35)20-6-4-3-5-7-20)18-25(28)26-19-22(9-15-29(26)34)31(36)27(33-37)16-17-38-24-12-10-23(32)11-13-24/h3-15,18-19,37H,2,16-17H2,1H3/b33-27+. The molecule has 4 aromatic carbocycles. The van der Waals surface area contributed by atoms with Crippen LogP contribution in [0.15, 0.2) is 101 Å². The van der Waals surface area contributed by atoms with Gasteiger partial charge in [-0.3, -0.25) is 9.59 Å². The Hall–Kier alpha value is -3.87. The summed E-state index contributed by atoms with van der Waals surface area (Å²) in [5, 5.41) is 15.4. The van der Waals surface area contributed by atoms with Gasteiger partial charge in [0.15, 0.2) is 5.78 Å². The van der Waals surface area contributed by atoms with Crippen molar-refractivity contribution in [1.29, 1.82) is 0 Å². The maximum Gasteiger partial charge on any atom is 0.210 e. The van der Waals surface area contributed by atoms with Crippen LogP contribution in [0.5, 0.6) is 0 Å². The van der Waals surface area contributed by atoms with Crippen molar-refractivity contribution in [2.24, 2.45) is 5.16 Å². The van der Waals surface area contributed by atoms with Gasteiger partial charge in [0.1, 0.15) is 5.71 Å². The van der Waals surface area contributed by atoms with Crippen LogP contribution in [-0.4, -0.2) is 32.8 Å². The zero-order chi connectivity index (χ0) is 26.6. The van der Waals surface area contributed by atoms with Crippen LogP contribution in [0, 0.1) is 0 Å². The average molecular weight is 541 g/mol. The first-order valence-corrected chi connectivity index (χ1v) is 13.7. The second-order valence-corrected chi connectivity index (χ2v) is 10.4. The number of hydrogen-bond donors (Lipinski definition) is 1. The van der Waals surface area contributed by atoms with E-state index >= 15 is 0 Å². The summed E-state index contributed by atoms with van der Waals surface area (Å²) in [6.07, 6.45) is 0.313. The van der Waals surface area contributed by atoms with E-state index in [1.807, 2.05) is 72.8 Å². The molecule has 1 heterocycles. The number of ketones is 2. The molecule has 0 unspecified atom stereocenters. The van der Waals surface area contributed by atoms with Crippen molar-refractivity contribution in [3.8, 4) is 0 Å². The van der Waals surface area contributed by atoms with Crippen molar-refractivity contribution in [2.45, 2.75) is 24.8 Å². The fourth-order valence-corrected chi connectivity index (χ4v) is 5.64. The molecule has 0 aliphatic heterocycles. The van der Waals surface area contributed by atoms with Gasteiger partial charge in [-0.15, -0.1) is 11.8 Å². The van der Waals surface area contributed by atoms with Crippen molar-refractivity contribution >= 4 is 62.4 Å². The molecule has 0 saturated heterocycles. The summed E-state index contributed by atoms with van der Waals surface area (Å²) < 4.78 is 2.17. The first kappa shape index (κ1) is 25.8. The predicted octanol–water partition coefficient (Wildman–Crippen LogP) is 7.89. The van der Waals surface area contributed by atoms with Crippen molar-refractivity contribution in [3.63, 3.8) is 0 Å². The highest BCUT2D eigenvalue weighted by Gasteiger charge is 2.19. The molecule has 0 spiro atoms. The number of Topliss-reactive ketones (excluding diaryl/α,β-unsaturated/α-hetero) is 1. The van der Waals surface area contributed by atoms with Crippen LogP contribution in [0.1, 0.15) is 39.6 Å². The third-order valence-corrected chi connectivity index (χ3v) is 7.81. The van der Waals surface area contributed by atoms with E-state index in [0.717, 1.165) is 33.2 Å². The summed E-state index contributed by atoms with van der Waals surface area (Å²) in [5.41, 5.74) is 3.73. The summed E-state index contributed by atoms with van der Waals surface area (Å²) in [5.74, 6) is 0.208. The normalized spacial score (nSPS) is 11.8. The molecule has 0 aliphatic carbocycles. The Bertz CT molecular complexity index is 1680. The zero-order valence-corrected chi connectivity index (χ0v) is 22.3. The average Bonchev–Trinajstić information content (AvgIpc) is 3.28. The molecule has 190 valence electrons. The number of halogens is 1. The number of benzene rings is 4. The highest BCUT2D eigenvalue weighted by molar-refractivity contribution is 7.99. The minimum atomic E-state index is -0.319. The fraction of sp³-hybridized carbons (Fsp3) is 0.129. The number of hydrogen-bond acceptors (Lipinski definition) is 5. The Labute approximate surface area is 229 Å². The van der Waals surface area contributed by atoms with E-state index in [2.05, 4.69) is 16.6 Å². The van der Waals surface area contributed by atoms with Crippen LogP contribution >= 0.6 is 23.4 Å². The molecule has 5 rings (SSSR count). The minimum absolute atomic E-state index is 0.0509. The summed E-state index contributed by atoms with van der Waals surface area (Å²) in [6.45, 7) is 2.81. The summed E-state index contributed by atoms with van der Waals surface area (Å²) in [6, 6.07) is 27.9. The number of thioether (sulfide) groups is 1. The molecule has 5 nitrogen and oxygen atoms in total. The number of oxime groups is 1. The van der Waals surface area contributed by atoms with E-state index in [1.165, 1.54) is 0 Å². The number of aromatic nitrogens is 1. The third kappa shape index (κ3) is 5.10. The topological polar surface area (TPSA) is 71.7 Å². The Morgan fingerprint density at radius 3 is 2.11 bits per heavy atom. The van der Waals surface area contributed by atoms with Gasteiger partial charge in [0, 0.05) is 67.1 Å². The lowest BCUT2D eigenvalue weighted by Crippen LogP contribution is -2.15. The van der Waals surface area contributed by atoms with Gasteiger partial charge in [0.25, 0.3) is 0 Å². The molecule has 0 aliphatic rings. The molecule has 0 atom stereocenters. The quantitative estimate of drug-likeness (QED) is 0.0678. The molecule has 7 heteroatoms. The monoisotopic (exact) mass is 540 g/mol. The number of carbonyl (C=O) groups is 2. The van der Waals surface area contributed by atoms with Gasteiger partial charge >= 0.3 is 0 Å². The number of aryl methyl sites for hydroxylation is 1. The molecule has 1 aromatic heterocycles. The third-order valence-electron chi connectivity index (χ3n) is 6.55. The Morgan fingerprint density at radius 1 is 0.842 bits per heavy atom. The maximum atomic E-state index is 13.3. The molecule has 38 heavy (non-hydrogen) atoms. The van der Waals surface area contributed by atoms with Crippen LogP contribution in [0.2, 0.25) is 5.02 Å². The Balaban J connectivity index is 1.45. The number of rotatable bonds is 9. The van der Waals surface area contributed by atoms with E-state index in [4.69, 9.17) is 11.6 Å². The molecule has 5 aromatic rings. The molecule has 0 bridgehead atoms. The van der Waals surface area contributed by atoms with E-state index in [0.29, 0.717) is 33.9 Å². The molecule has 0 fully saturated rings. The summed E-state index contributed by atoms with van der Waals surface area (Å²) in [4.78, 5) is 27.4.